The zero-order valence-electron chi connectivity index (χ0n) is 19.8. The first-order valence-electron chi connectivity index (χ1n) is 11.9. The van der Waals surface area contributed by atoms with Crippen LogP contribution in [0, 0.1) is 11.3 Å². The van der Waals surface area contributed by atoms with E-state index in [0.717, 1.165) is 36.8 Å². The molecule has 1 N–H and O–H groups in total. The van der Waals surface area contributed by atoms with Gasteiger partial charge in [-0.25, -0.2) is 0 Å². The molecule has 4 nitrogen and oxygen atoms in total. The molecular formula is C28H35NO3. The van der Waals surface area contributed by atoms with Crippen molar-refractivity contribution in [2.75, 3.05) is 19.0 Å². The Labute approximate surface area is 191 Å². The van der Waals surface area contributed by atoms with E-state index in [9.17, 15) is 9.90 Å². The molecule has 0 aromatic heterocycles. The number of fused-ring (bicyclic) bond motifs is 4. The number of carbonyl (C=O) groups is 1. The van der Waals surface area contributed by atoms with Gasteiger partial charge in [-0.3, -0.25) is 4.79 Å². The van der Waals surface area contributed by atoms with Gasteiger partial charge in [0, 0.05) is 49.9 Å². The van der Waals surface area contributed by atoms with Crippen molar-refractivity contribution in [2.45, 2.75) is 70.0 Å². The smallest absolute Gasteiger partial charge is 0.137 e. The number of hydrogen-bond donors (Lipinski definition) is 1. The van der Waals surface area contributed by atoms with E-state index >= 15 is 0 Å². The first kappa shape index (κ1) is 21.5. The second-order valence-electron chi connectivity index (χ2n) is 10.8. The third-order valence-electron chi connectivity index (χ3n) is 8.91. The van der Waals surface area contributed by atoms with Crippen molar-refractivity contribution in [3.05, 3.63) is 65.0 Å². The van der Waals surface area contributed by atoms with Crippen molar-refractivity contribution < 1.29 is 14.6 Å². The molecule has 1 aromatic rings. The lowest BCUT2D eigenvalue weighted by Gasteiger charge is -2.54. The van der Waals surface area contributed by atoms with Crippen LogP contribution in [0.2, 0.25) is 0 Å². The molecule has 0 saturated heterocycles. The summed E-state index contributed by atoms with van der Waals surface area (Å²) in [5.74, 6) is 0.695. The monoisotopic (exact) mass is 433 g/mol. The van der Waals surface area contributed by atoms with E-state index in [-0.39, 0.29) is 23.4 Å². The average Bonchev–Trinajstić information content (AvgIpc) is 3.04. The maximum Gasteiger partial charge on any atom is 0.137 e. The van der Waals surface area contributed by atoms with Crippen LogP contribution in [0.4, 0.5) is 5.69 Å². The fraction of sp³-hybridized carbons (Fsp3) is 0.536. The number of anilines is 1. The molecule has 5 rings (SSSR count). The molecule has 1 unspecified atom stereocenters. The normalized spacial score (nSPS) is 36.0. The van der Waals surface area contributed by atoms with Gasteiger partial charge in [-0.15, -0.1) is 0 Å². The molecule has 0 radical (unpaired) electrons. The lowest BCUT2D eigenvalue weighted by molar-refractivity contribution is -0.119. The standard InChI is InChI=1S/C28H35NO3/c1-17(2)28(31)13-12-24-26-25(22-11-10-21(30)14-19(22)16-32-26)23(15-27(24,28)3)18-6-8-20(9-7-18)29(4)5/h6-9,16,23-24,26,31H,1,10-15H2,2-5H3/t23?,24-,26-,27-,28+/m0/s1. The summed E-state index contributed by atoms with van der Waals surface area (Å²) in [6, 6.07) is 8.81. The minimum atomic E-state index is -0.883. The lowest BCUT2D eigenvalue weighted by Crippen LogP contribution is -2.54. The largest absolute Gasteiger partial charge is 0.493 e. The van der Waals surface area contributed by atoms with Crippen LogP contribution in [0.5, 0.6) is 0 Å². The van der Waals surface area contributed by atoms with Gasteiger partial charge in [0.05, 0.1) is 11.9 Å². The van der Waals surface area contributed by atoms with Gasteiger partial charge in [0.2, 0.25) is 0 Å². The highest BCUT2D eigenvalue weighted by atomic mass is 16.5. The summed E-state index contributed by atoms with van der Waals surface area (Å²) < 4.78 is 6.44. The van der Waals surface area contributed by atoms with Crippen LogP contribution < -0.4 is 4.90 Å². The lowest BCUT2D eigenvalue weighted by atomic mass is 9.54. The zero-order valence-corrected chi connectivity index (χ0v) is 19.8. The second kappa shape index (κ2) is 7.34. The van der Waals surface area contributed by atoms with Gasteiger partial charge in [0.15, 0.2) is 0 Å². The zero-order chi connectivity index (χ0) is 22.8. The maximum atomic E-state index is 12.2. The summed E-state index contributed by atoms with van der Waals surface area (Å²) in [7, 11) is 4.11. The van der Waals surface area contributed by atoms with E-state index < -0.39 is 5.60 Å². The predicted molar refractivity (Wildman–Crippen MR) is 128 cm³/mol. The highest BCUT2D eigenvalue weighted by Crippen LogP contribution is 2.65. The van der Waals surface area contributed by atoms with Gasteiger partial charge < -0.3 is 14.7 Å². The highest BCUT2D eigenvalue weighted by Gasteiger charge is 2.64. The molecular weight excluding hydrogens is 398 g/mol. The molecule has 3 aliphatic carbocycles. The molecule has 32 heavy (non-hydrogen) atoms. The molecule has 0 bridgehead atoms. The van der Waals surface area contributed by atoms with E-state index in [1.54, 1.807) is 0 Å². The highest BCUT2D eigenvalue weighted by molar-refractivity contribution is 5.84. The number of aliphatic hydroxyl groups is 1. The minimum Gasteiger partial charge on any atom is -0.493 e. The van der Waals surface area contributed by atoms with Crippen molar-refractivity contribution >= 4 is 11.5 Å². The molecule has 1 heterocycles. The third-order valence-corrected chi connectivity index (χ3v) is 8.91. The van der Waals surface area contributed by atoms with Crippen LogP contribution in [0.3, 0.4) is 0 Å². The van der Waals surface area contributed by atoms with Crippen LogP contribution in [-0.2, 0) is 9.53 Å². The molecule has 170 valence electrons. The van der Waals surface area contributed by atoms with Gasteiger partial charge in [0.25, 0.3) is 0 Å². The Bertz CT molecular complexity index is 1030. The topological polar surface area (TPSA) is 49.8 Å². The van der Waals surface area contributed by atoms with E-state index in [1.165, 1.54) is 22.4 Å². The van der Waals surface area contributed by atoms with Gasteiger partial charge in [-0.2, -0.15) is 0 Å². The summed E-state index contributed by atoms with van der Waals surface area (Å²) in [6.45, 7) is 8.41. The Morgan fingerprint density at radius 3 is 2.59 bits per heavy atom. The van der Waals surface area contributed by atoms with E-state index in [2.05, 4.69) is 56.8 Å². The maximum absolute atomic E-state index is 12.2. The number of benzene rings is 1. The van der Waals surface area contributed by atoms with E-state index in [1.807, 2.05) is 13.2 Å². The number of rotatable bonds is 3. The second-order valence-corrected chi connectivity index (χ2v) is 10.8. The number of ketones is 1. The van der Waals surface area contributed by atoms with Crippen LogP contribution in [0.1, 0.15) is 63.9 Å². The molecule has 4 aliphatic rings. The number of nitrogens with zero attached hydrogens (tertiary/aromatic N) is 1. The molecule has 3 saturated carbocycles. The fourth-order valence-electron chi connectivity index (χ4n) is 7.01. The summed E-state index contributed by atoms with van der Waals surface area (Å²) in [5, 5.41) is 11.8. The Morgan fingerprint density at radius 1 is 1.22 bits per heavy atom. The number of carbonyl (C=O) groups excluding carboxylic acids is 1. The van der Waals surface area contributed by atoms with Gasteiger partial charge in [0.1, 0.15) is 11.9 Å². The van der Waals surface area contributed by atoms with Crippen LogP contribution >= 0.6 is 0 Å². The Kier molecular flexibility index (Phi) is 4.94. The number of Topliss-reactive ketones (excluding diaryl/α,β-unsaturated/α-hetero) is 1. The van der Waals surface area contributed by atoms with Crippen molar-refractivity contribution in [3.63, 3.8) is 0 Å². The van der Waals surface area contributed by atoms with E-state index in [0.29, 0.717) is 18.6 Å². The molecule has 0 spiro atoms. The third kappa shape index (κ3) is 2.95. The summed E-state index contributed by atoms with van der Waals surface area (Å²) in [4.78, 5) is 14.3. The minimum absolute atomic E-state index is 0.0485. The van der Waals surface area contributed by atoms with Crippen molar-refractivity contribution in [2.24, 2.45) is 11.3 Å². The first-order valence-corrected chi connectivity index (χ1v) is 11.9. The Balaban J connectivity index is 1.65. The quantitative estimate of drug-likeness (QED) is 0.658. The number of ether oxygens (including phenoxy) is 1. The molecule has 3 fully saturated rings. The molecule has 1 aliphatic heterocycles. The first-order chi connectivity index (χ1) is 15.2. The van der Waals surface area contributed by atoms with Gasteiger partial charge in [-0.1, -0.05) is 25.6 Å². The van der Waals surface area contributed by atoms with Crippen molar-refractivity contribution in [1.82, 2.24) is 0 Å². The van der Waals surface area contributed by atoms with Crippen molar-refractivity contribution in [1.29, 1.82) is 0 Å². The Morgan fingerprint density at radius 2 is 1.94 bits per heavy atom. The molecule has 5 atom stereocenters. The number of hydrogen-bond acceptors (Lipinski definition) is 4. The molecule has 4 heteroatoms. The van der Waals surface area contributed by atoms with Gasteiger partial charge >= 0.3 is 0 Å². The van der Waals surface area contributed by atoms with Crippen LogP contribution in [-0.4, -0.2) is 36.7 Å². The average molecular weight is 434 g/mol. The number of allylic oxidation sites excluding steroid dienone is 2. The summed E-state index contributed by atoms with van der Waals surface area (Å²) >= 11 is 0. The summed E-state index contributed by atoms with van der Waals surface area (Å²) in [6.07, 6.45) is 6.23. The van der Waals surface area contributed by atoms with E-state index in [4.69, 9.17) is 4.74 Å². The van der Waals surface area contributed by atoms with Crippen LogP contribution in [0.25, 0.3) is 0 Å². The van der Waals surface area contributed by atoms with Crippen LogP contribution in [0.15, 0.2) is 59.4 Å². The molecule has 0 amide bonds. The van der Waals surface area contributed by atoms with Gasteiger partial charge in [-0.05, 0) is 72.6 Å². The molecule has 1 aromatic carbocycles. The Hall–Kier alpha value is -2.33. The fourth-order valence-corrected chi connectivity index (χ4v) is 7.01. The van der Waals surface area contributed by atoms with Crippen molar-refractivity contribution in [3.8, 4) is 0 Å². The summed E-state index contributed by atoms with van der Waals surface area (Å²) in [5.41, 5.74) is 5.87. The SMILES string of the molecule is C=C(C)[C@]1(O)CC[C@H]2[C@@H]3OC=C4CC(=O)CCC4=C3C(c3ccc(N(C)C)cc3)C[C@@]21C. The predicted octanol–water partition coefficient (Wildman–Crippen LogP) is 5.30.